The Morgan fingerprint density at radius 3 is 2.92 bits per heavy atom. The van der Waals surface area contributed by atoms with Gasteiger partial charge in [-0.1, -0.05) is 0 Å². The first-order chi connectivity index (χ1) is 11.9. The monoisotopic (exact) mass is 345 g/mol. The van der Waals surface area contributed by atoms with E-state index in [2.05, 4.69) is 20.8 Å². The summed E-state index contributed by atoms with van der Waals surface area (Å²) in [6.07, 6.45) is 4.14. The Bertz CT molecular complexity index is 802. The molecule has 1 aromatic carbocycles. The van der Waals surface area contributed by atoms with Crippen molar-refractivity contribution in [2.24, 2.45) is 0 Å². The Labute approximate surface area is 144 Å². The zero-order valence-corrected chi connectivity index (χ0v) is 14.1. The van der Waals surface area contributed by atoms with E-state index in [0.717, 1.165) is 24.1 Å². The molecular formula is C17H20FN5O2. The lowest BCUT2D eigenvalue weighted by molar-refractivity contribution is 0.0823. The lowest BCUT2D eigenvalue weighted by atomic mass is 9.94. The summed E-state index contributed by atoms with van der Waals surface area (Å²) in [5, 5.41) is 12.5. The van der Waals surface area contributed by atoms with E-state index in [9.17, 15) is 14.0 Å². The Morgan fingerprint density at radius 2 is 2.16 bits per heavy atom. The number of nitrogens with zero attached hydrogens (tertiary/aromatic N) is 2. The highest BCUT2D eigenvalue weighted by Gasteiger charge is 2.22. The van der Waals surface area contributed by atoms with Gasteiger partial charge in [0.2, 0.25) is 0 Å². The fraction of sp³-hybridized carbons (Fsp3) is 0.353. The average molecular weight is 345 g/mol. The molecule has 0 radical (unpaired) electrons. The molecule has 1 atom stereocenters. The van der Waals surface area contributed by atoms with Gasteiger partial charge < -0.3 is 15.5 Å². The number of aryl methyl sites for hydroxylation is 1. The minimum atomic E-state index is -0.621. The summed E-state index contributed by atoms with van der Waals surface area (Å²) in [6, 6.07) is 3.56. The van der Waals surface area contributed by atoms with Crippen LogP contribution in [0.25, 0.3) is 0 Å². The van der Waals surface area contributed by atoms with Crippen LogP contribution in [0.15, 0.2) is 24.4 Å². The van der Waals surface area contributed by atoms with Crippen molar-refractivity contribution in [3.05, 3.63) is 47.0 Å². The number of anilines is 1. The van der Waals surface area contributed by atoms with E-state index in [-0.39, 0.29) is 17.6 Å². The highest BCUT2D eigenvalue weighted by molar-refractivity contribution is 5.97. The second-order valence-corrected chi connectivity index (χ2v) is 6.31. The van der Waals surface area contributed by atoms with Gasteiger partial charge in [0.05, 0.1) is 11.8 Å². The molecule has 25 heavy (non-hydrogen) atoms. The molecule has 3 amide bonds. The van der Waals surface area contributed by atoms with Crippen molar-refractivity contribution in [2.45, 2.75) is 25.3 Å². The van der Waals surface area contributed by atoms with Crippen molar-refractivity contribution < 1.29 is 14.0 Å². The van der Waals surface area contributed by atoms with Crippen LogP contribution in [0.4, 0.5) is 14.9 Å². The topological polar surface area (TPSA) is 90.1 Å². The molecule has 0 aliphatic heterocycles. The Kier molecular flexibility index (Phi) is 4.69. The average Bonchev–Trinajstić information content (AvgIpc) is 3.03. The van der Waals surface area contributed by atoms with Gasteiger partial charge in [-0.25, -0.2) is 9.18 Å². The first kappa shape index (κ1) is 16.9. The molecule has 0 bridgehead atoms. The Balaban J connectivity index is 1.63. The van der Waals surface area contributed by atoms with Crippen molar-refractivity contribution in [1.29, 1.82) is 0 Å². The van der Waals surface area contributed by atoms with Crippen LogP contribution in [-0.2, 0) is 12.8 Å². The molecule has 3 N–H and O–H groups in total. The molecule has 1 aliphatic rings. The van der Waals surface area contributed by atoms with Crippen LogP contribution in [0.5, 0.6) is 0 Å². The van der Waals surface area contributed by atoms with Crippen LogP contribution in [0.1, 0.15) is 28.0 Å². The molecule has 3 rings (SSSR count). The fourth-order valence-electron chi connectivity index (χ4n) is 2.90. The molecule has 0 saturated carbocycles. The number of benzene rings is 1. The van der Waals surface area contributed by atoms with E-state index in [1.54, 1.807) is 20.3 Å². The summed E-state index contributed by atoms with van der Waals surface area (Å²) in [4.78, 5) is 25.4. The SMILES string of the molecule is CN(C)C(=O)c1cc(NC(=O)N[C@H]2CCc3[nH]ncc3C2)ccc1F. The third-order valence-corrected chi connectivity index (χ3v) is 4.21. The largest absolute Gasteiger partial charge is 0.345 e. The van der Waals surface area contributed by atoms with Gasteiger partial charge in [0, 0.05) is 31.5 Å². The summed E-state index contributed by atoms with van der Waals surface area (Å²) in [6.45, 7) is 0. The second kappa shape index (κ2) is 6.92. The molecule has 0 fully saturated rings. The van der Waals surface area contributed by atoms with Crippen LogP contribution in [0, 0.1) is 5.82 Å². The first-order valence-corrected chi connectivity index (χ1v) is 8.04. The molecule has 7 nitrogen and oxygen atoms in total. The van der Waals surface area contributed by atoms with Crippen LogP contribution in [0.3, 0.4) is 0 Å². The quantitative estimate of drug-likeness (QED) is 0.794. The number of rotatable bonds is 3. The molecule has 1 heterocycles. The van der Waals surface area contributed by atoms with Crippen molar-refractivity contribution in [3.8, 4) is 0 Å². The van der Waals surface area contributed by atoms with Crippen LogP contribution in [0.2, 0.25) is 0 Å². The van der Waals surface area contributed by atoms with E-state index in [0.29, 0.717) is 12.1 Å². The number of aromatic amines is 1. The van der Waals surface area contributed by atoms with E-state index >= 15 is 0 Å². The number of fused-ring (bicyclic) bond motifs is 1. The maximum absolute atomic E-state index is 13.8. The van der Waals surface area contributed by atoms with Gasteiger partial charge in [0.1, 0.15) is 5.82 Å². The molecular weight excluding hydrogens is 325 g/mol. The van der Waals surface area contributed by atoms with Crippen molar-refractivity contribution in [2.75, 3.05) is 19.4 Å². The molecule has 2 aromatic rings. The lowest BCUT2D eigenvalue weighted by Crippen LogP contribution is -2.41. The molecule has 132 valence electrons. The predicted molar refractivity (Wildman–Crippen MR) is 91.0 cm³/mol. The van der Waals surface area contributed by atoms with Gasteiger partial charge in [-0.15, -0.1) is 0 Å². The van der Waals surface area contributed by atoms with Crippen LogP contribution in [-0.4, -0.2) is 47.2 Å². The van der Waals surface area contributed by atoms with Gasteiger partial charge in [0.25, 0.3) is 5.91 Å². The lowest BCUT2D eigenvalue weighted by Gasteiger charge is -2.23. The number of carbonyl (C=O) groups excluding carboxylic acids is 2. The number of hydrogen-bond donors (Lipinski definition) is 3. The molecule has 0 saturated heterocycles. The van der Waals surface area contributed by atoms with Crippen LogP contribution >= 0.6 is 0 Å². The number of amides is 3. The highest BCUT2D eigenvalue weighted by Crippen LogP contribution is 2.19. The molecule has 1 aromatic heterocycles. The zero-order chi connectivity index (χ0) is 18.0. The highest BCUT2D eigenvalue weighted by atomic mass is 19.1. The summed E-state index contributed by atoms with van der Waals surface area (Å²) >= 11 is 0. The fourth-order valence-corrected chi connectivity index (χ4v) is 2.90. The smallest absolute Gasteiger partial charge is 0.319 e. The number of hydrogen-bond acceptors (Lipinski definition) is 3. The van der Waals surface area contributed by atoms with E-state index in [1.165, 1.54) is 23.1 Å². The molecule has 0 spiro atoms. The van der Waals surface area contributed by atoms with E-state index in [1.807, 2.05) is 0 Å². The minimum absolute atomic E-state index is 0.00780. The van der Waals surface area contributed by atoms with E-state index < -0.39 is 11.7 Å². The van der Waals surface area contributed by atoms with Gasteiger partial charge in [-0.3, -0.25) is 9.89 Å². The summed E-state index contributed by atoms with van der Waals surface area (Å²) in [5.41, 5.74) is 2.51. The number of H-pyrrole nitrogens is 1. The summed E-state index contributed by atoms with van der Waals surface area (Å²) in [5.74, 6) is -1.08. The summed E-state index contributed by atoms with van der Waals surface area (Å²) in [7, 11) is 3.09. The van der Waals surface area contributed by atoms with Crippen LogP contribution < -0.4 is 10.6 Å². The van der Waals surface area contributed by atoms with Gasteiger partial charge in [-0.2, -0.15) is 5.10 Å². The number of halogens is 1. The maximum Gasteiger partial charge on any atom is 0.319 e. The van der Waals surface area contributed by atoms with Crippen molar-refractivity contribution >= 4 is 17.6 Å². The summed E-state index contributed by atoms with van der Waals surface area (Å²) < 4.78 is 13.8. The standard InChI is InChI=1S/C17H20FN5O2/c1-23(2)16(24)13-8-12(3-5-14(13)18)21-17(25)20-11-4-6-15-10(7-11)9-19-22-15/h3,5,8-9,11H,4,6-7H2,1-2H3,(H,19,22)(H2,20,21,25)/t11-/m0/s1. The number of nitrogens with one attached hydrogen (secondary N) is 3. The third-order valence-electron chi connectivity index (χ3n) is 4.21. The van der Waals surface area contributed by atoms with Gasteiger partial charge >= 0.3 is 6.03 Å². The Hall–Kier alpha value is -2.90. The molecule has 8 heteroatoms. The predicted octanol–water partition coefficient (Wildman–Crippen LogP) is 1.93. The molecule has 0 unspecified atom stereocenters. The zero-order valence-electron chi connectivity index (χ0n) is 14.1. The first-order valence-electron chi connectivity index (χ1n) is 8.04. The van der Waals surface area contributed by atoms with E-state index in [4.69, 9.17) is 0 Å². The molecule has 1 aliphatic carbocycles. The van der Waals surface area contributed by atoms with Gasteiger partial charge in [-0.05, 0) is 43.0 Å². The van der Waals surface area contributed by atoms with Crippen molar-refractivity contribution in [3.63, 3.8) is 0 Å². The normalized spacial score (nSPS) is 16.0. The minimum Gasteiger partial charge on any atom is -0.345 e. The number of carbonyl (C=O) groups is 2. The second-order valence-electron chi connectivity index (χ2n) is 6.31. The third kappa shape index (κ3) is 3.78. The van der Waals surface area contributed by atoms with Crippen molar-refractivity contribution in [1.82, 2.24) is 20.4 Å². The van der Waals surface area contributed by atoms with Gasteiger partial charge in [0.15, 0.2) is 0 Å². The number of urea groups is 1. The Morgan fingerprint density at radius 1 is 1.36 bits per heavy atom. The number of aromatic nitrogens is 2. The maximum atomic E-state index is 13.8.